The van der Waals surface area contributed by atoms with E-state index in [-0.39, 0.29) is 11.3 Å². The average molecular weight is 383 g/mol. The summed E-state index contributed by atoms with van der Waals surface area (Å²) in [5.74, 6) is -1.54. The van der Waals surface area contributed by atoms with Crippen molar-refractivity contribution in [1.82, 2.24) is 15.2 Å². The molecule has 2 heterocycles. The number of imide groups is 1. The maximum absolute atomic E-state index is 12.9. The molecule has 1 aliphatic rings. The van der Waals surface area contributed by atoms with Gasteiger partial charge in [0.2, 0.25) is 0 Å². The Bertz CT molecular complexity index is 979. The van der Waals surface area contributed by atoms with Gasteiger partial charge in [0.25, 0.3) is 5.91 Å². The van der Waals surface area contributed by atoms with Gasteiger partial charge in [0.05, 0.1) is 24.9 Å². The molecule has 1 aliphatic heterocycles. The molecule has 0 aliphatic carbocycles. The first-order valence-corrected chi connectivity index (χ1v) is 8.71. The predicted molar refractivity (Wildman–Crippen MR) is 100.0 cm³/mol. The zero-order valence-corrected chi connectivity index (χ0v) is 16.1. The van der Waals surface area contributed by atoms with E-state index in [1.807, 2.05) is 6.07 Å². The molecule has 3 amide bonds. The highest BCUT2D eigenvalue weighted by molar-refractivity contribution is 6.11. The summed E-state index contributed by atoms with van der Waals surface area (Å²) < 4.78 is 4.74. The Morgan fingerprint density at radius 1 is 1.14 bits per heavy atom. The normalized spacial score (nSPS) is 18.9. The van der Waals surface area contributed by atoms with Gasteiger partial charge in [-0.05, 0) is 31.9 Å². The Morgan fingerprint density at radius 3 is 2.39 bits per heavy atom. The van der Waals surface area contributed by atoms with Crippen molar-refractivity contribution in [2.45, 2.75) is 26.3 Å². The molecule has 28 heavy (non-hydrogen) atoms. The molecule has 1 fully saturated rings. The van der Waals surface area contributed by atoms with Crippen LogP contribution in [-0.2, 0) is 15.1 Å². The first kappa shape index (κ1) is 19.3. The van der Waals surface area contributed by atoms with Gasteiger partial charge >= 0.3 is 12.0 Å². The number of carbonyl (C=O) groups is 4. The molecule has 1 atom stereocenters. The van der Waals surface area contributed by atoms with E-state index >= 15 is 0 Å². The zero-order valence-electron chi connectivity index (χ0n) is 16.1. The lowest BCUT2D eigenvalue weighted by Crippen LogP contribution is -2.41. The van der Waals surface area contributed by atoms with Crippen LogP contribution in [0.1, 0.15) is 44.6 Å². The molecule has 8 heteroatoms. The van der Waals surface area contributed by atoms with Crippen LogP contribution in [0.4, 0.5) is 4.79 Å². The number of nitrogens with zero attached hydrogens (tertiary/aromatic N) is 1. The number of ether oxygens (including phenoxy) is 1. The number of amides is 3. The molecule has 1 aromatic heterocycles. The van der Waals surface area contributed by atoms with Gasteiger partial charge < -0.3 is 15.0 Å². The molecule has 0 bridgehead atoms. The minimum Gasteiger partial charge on any atom is -0.465 e. The molecule has 0 spiro atoms. The number of urea groups is 1. The molecular formula is C20H21N3O5. The number of hydrogen-bond acceptors (Lipinski definition) is 5. The first-order valence-electron chi connectivity index (χ1n) is 8.71. The molecule has 0 saturated carbocycles. The quantitative estimate of drug-likeness (QED) is 0.467. The second kappa shape index (κ2) is 6.95. The van der Waals surface area contributed by atoms with Gasteiger partial charge in [-0.25, -0.2) is 9.59 Å². The zero-order chi connectivity index (χ0) is 20.6. The van der Waals surface area contributed by atoms with Crippen molar-refractivity contribution in [2.24, 2.45) is 0 Å². The molecule has 8 nitrogen and oxygen atoms in total. The fraction of sp³-hybridized carbons (Fsp3) is 0.300. The molecule has 1 unspecified atom stereocenters. The summed E-state index contributed by atoms with van der Waals surface area (Å²) in [6, 6.07) is 8.19. The highest BCUT2D eigenvalue weighted by Gasteiger charge is 2.49. The summed E-state index contributed by atoms with van der Waals surface area (Å²) in [6.07, 6.45) is 0. The van der Waals surface area contributed by atoms with Gasteiger partial charge in [0.15, 0.2) is 5.78 Å². The van der Waals surface area contributed by atoms with Crippen LogP contribution in [0.2, 0.25) is 0 Å². The highest BCUT2D eigenvalue weighted by Crippen LogP contribution is 2.29. The smallest absolute Gasteiger partial charge is 0.339 e. The number of methoxy groups -OCH3 is 1. The Morgan fingerprint density at radius 2 is 1.79 bits per heavy atom. The summed E-state index contributed by atoms with van der Waals surface area (Å²) in [7, 11) is 1.26. The fourth-order valence-corrected chi connectivity index (χ4v) is 3.47. The van der Waals surface area contributed by atoms with Gasteiger partial charge in [-0.1, -0.05) is 30.3 Å². The van der Waals surface area contributed by atoms with Crippen LogP contribution in [0.5, 0.6) is 0 Å². The minimum absolute atomic E-state index is 0.173. The van der Waals surface area contributed by atoms with Crippen LogP contribution in [0.15, 0.2) is 30.3 Å². The first-order chi connectivity index (χ1) is 13.2. The SMILES string of the molecule is COC(=O)c1c(C)[nH]c(C(=O)CN2C(=O)NC(C)(c3ccccc3)C2=O)c1C. The number of rotatable bonds is 5. The average Bonchev–Trinajstić information content (AvgIpc) is 3.10. The Kier molecular flexibility index (Phi) is 4.80. The van der Waals surface area contributed by atoms with Gasteiger partial charge in [-0.3, -0.25) is 14.5 Å². The third-order valence-corrected chi connectivity index (χ3v) is 5.03. The van der Waals surface area contributed by atoms with Crippen LogP contribution in [-0.4, -0.2) is 47.2 Å². The van der Waals surface area contributed by atoms with Crippen molar-refractivity contribution in [3.05, 3.63) is 58.4 Å². The number of aryl methyl sites for hydroxylation is 1. The second-order valence-electron chi connectivity index (χ2n) is 6.85. The van der Waals surface area contributed by atoms with E-state index in [1.54, 1.807) is 45.0 Å². The minimum atomic E-state index is -1.24. The van der Waals surface area contributed by atoms with Crippen molar-refractivity contribution in [3.8, 4) is 0 Å². The molecule has 2 aromatic rings. The van der Waals surface area contributed by atoms with Crippen molar-refractivity contribution < 1.29 is 23.9 Å². The number of benzene rings is 1. The lowest BCUT2D eigenvalue weighted by Gasteiger charge is -2.22. The van der Waals surface area contributed by atoms with Crippen molar-refractivity contribution in [1.29, 1.82) is 0 Å². The summed E-state index contributed by atoms with van der Waals surface area (Å²) in [5, 5.41) is 2.66. The topological polar surface area (TPSA) is 109 Å². The molecule has 146 valence electrons. The lowest BCUT2D eigenvalue weighted by molar-refractivity contribution is -0.130. The molecular weight excluding hydrogens is 362 g/mol. The summed E-state index contributed by atoms with van der Waals surface area (Å²) in [4.78, 5) is 53.8. The van der Waals surface area contributed by atoms with E-state index in [0.717, 1.165) is 4.90 Å². The number of aromatic amines is 1. The molecule has 1 aromatic carbocycles. The third kappa shape index (κ3) is 2.96. The van der Waals surface area contributed by atoms with Crippen LogP contribution in [0.25, 0.3) is 0 Å². The number of hydrogen-bond donors (Lipinski definition) is 2. The predicted octanol–water partition coefficient (Wildman–Crippen LogP) is 2.07. The van der Waals surface area contributed by atoms with Gasteiger partial charge in [0, 0.05) is 5.69 Å². The number of aromatic nitrogens is 1. The van der Waals surface area contributed by atoms with Crippen LogP contribution < -0.4 is 5.32 Å². The highest BCUT2D eigenvalue weighted by atomic mass is 16.5. The third-order valence-electron chi connectivity index (χ3n) is 5.03. The Labute approximate surface area is 161 Å². The summed E-state index contributed by atoms with van der Waals surface area (Å²) >= 11 is 0. The number of esters is 1. The van der Waals surface area contributed by atoms with Gasteiger partial charge in [-0.15, -0.1) is 0 Å². The molecule has 3 rings (SSSR count). The van der Waals surface area contributed by atoms with Gasteiger partial charge in [0.1, 0.15) is 5.54 Å². The number of H-pyrrole nitrogens is 1. The number of carbonyl (C=O) groups excluding carboxylic acids is 4. The van der Waals surface area contributed by atoms with E-state index in [4.69, 9.17) is 4.74 Å². The fourth-order valence-electron chi connectivity index (χ4n) is 3.47. The lowest BCUT2D eigenvalue weighted by atomic mass is 9.92. The number of ketones is 1. The largest absolute Gasteiger partial charge is 0.465 e. The Hall–Kier alpha value is -3.42. The van der Waals surface area contributed by atoms with Crippen LogP contribution in [0, 0.1) is 13.8 Å². The second-order valence-corrected chi connectivity index (χ2v) is 6.85. The van der Waals surface area contributed by atoms with Gasteiger partial charge in [-0.2, -0.15) is 0 Å². The van der Waals surface area contributed by atoms with Crippen molar-refractivity contribution in [2.75, 3.05) is 13.7 Å². The maximum Gasteiger partial charge on any atom is 0.339 e. The molecule has 0 radical (unpaired) electrons. The van der Waals surface area contributed by atoms with Crippen LogP contribution in [0.3, 0.4) is 0 Å². The van der Waals surface area contributed by atoms with E-state index in [1.165, 1.54) is 7.11 Å². The maximum atomic E-state index is 12.9. The summed E-state index contributed by atoms with van der Waals surface area (Å²) in [6.45, 7) is 4.43. The molecule has 2 N–H and O–H groups in total. The van der Waals surface area contributed by atoms with Crippen LogP contribution >= 0.6 is 0 Å². The molecule has 1 saturated heterocycles. The van der Waals surface area contributed by atoms with E-state index in [0.29, 0.717) is 16.8 Å². The van der Waals surface area contributed by atoms with Crippen molar-refractivity contribution in [3.63, 3.8) is 0 Å². The van der Waals surface area contributed by atoms with E-state index in [2.05, 4.69) is 10.3 Å². The van der Waals surface area contributed by atoms with E-state index in [9.17, 15) is 19.2 Å². The Balaban J connectivity index is 1.87. The number of nitrogens with one attached hydrogen (secondary N) is 2. The summed E-state index contributed by atoms with van der Waals surface area (Å²) in [5.41, 5.74) is 0.745. The standard InChI is InChI=1S/C20H21N3O5/c1-11-15(17(25)28-4)12(2)21-16(11)14(24)10-23-18(26)20(3,22-19(23)27)13-8-6-5-7-9-13/h5-9,21H,10H2,1-4H3,(H,22,27). The monoisotopic (exact) mass is 383 g/mol. The van der Waals surface area contributed by atoms with Crippen molar-refractivity contribution >= 4 is 23.7 Å². The number of Topliss-reactive ketones (excluding diaryl/α,β-unsaturated/α-hetero) is 1. The van der Waals surface area contributed by atoms with E-state index < -0.39 is 35.8 Å².